The first kappa shape index (κ1) is 27.1. The second kappa shape index (κ2) is 12.1. The van der Waals surface area contributed by atoms with Crippen LogP contribution in [0, 0.1) is 17.8 Å². The van der Waals surface area contributed by atoms with Crippen molar-refractivity contribution >= 4 is 23.3 Å². The molecule has 3 unspecified atom stereocenters. The van der Waals surface area contributed by atoms with E-state index in [0.29, 0.717) is 18.1 Å². The highest BCUT2D eigenvalue weighted by Gasteiger charge is 2.39. The number of hydrogen-bond donors (Lipinski definition) is 4. The third-order valence-corrected chi connectivity index (χ3v) is 7.16. The Bertz CT molecular complexity index is 1100. The molecule has 1 aliphatic heterocycles. The largest absolute Gasteiger partial charge is 0.401 e. The fourth-order valence-electron chi connectivity index (χ4n) is 5.07. The number of nitrogens with zero attached hydrogens (tertiary/aromatic N) is 2. The number of anilines is 2. The summed E-state index contributed by atoms with van der Waals surface area (Å²) in [5, 5.41) is 13.0. The number of aliphatic hydroxyl groups is 1. The minimum Gasteiger partial charge on any atom is -0.395 e. The molecule has 3 atom stereocenters. The summed E-state index contributed by atoms with van der Waals surface area (Å²) in [6, 6.07) is 1.85. The lowest BCUT2D eigenvalue weighted by molar-refractivity contribution is -0.133. The second-order valence-corrected chi connectivity index (χ2v) is 10.1. The molecule has 6 N–H and O–H groups in total. The van der Waals surface area contributed by atoms with E-state index in [1.165, 1.54) is 5.57 Å². The van der Waals surface area contributed by atoms with Gasteiger partial charge in [0.1, 0.15) is 12.0 Å². The predicted molar refractivity (Wildman–Crippen MR) is 143 cm³/mol. The molecule has 9 heteroatoms. The average molecular weight is 516 g/mol. The maximum Gasteiger partial charge on any atom is 0.401 e. The molecular formula is C28H36F3N5O. The number of aromatic nitrogens is 1. The van der Waals surface area contributed by atoms with Crippen molar-refractivity contribution in [1.82, 2.24) is 10.3 Å². The number of hydrogen-bond acceptors (Lipinski definition) is 6. The zero-order valence-electron chi connectivity index (χ0n) is 20.9. The number of allylic oxidation sites excluding steroid dienone is 7. The molecule has 1 saturated carbocycles. The molecule has 0 saturated heterocycles. The Kier molecular flexibility index (Phi) is 8.87. The van der Waals surface area contributed by atoms with Gasteiger partial charge < -0.3 is 16.6 Å². The SMILES string of the molecule is Nc1nccc(C2=CC(CC3=CCCC/C=C(\C(C4CC4)C(O)NCC(F)(F)F)C=C3)CCN=C2)c1N. The van der Waals surface area contributed by atoms with Gasteiger partial charge in [0, 0.05) is 30.4 Å². The number of aliphatic imine (C=N–C) groups is 1. The third-order valence-electron chi connectivity index (χ3n) is 7.16. The van der Waals surface area contributed by atoms with Crippen LogP contribution in [0.2, 0.25) is 0 Å². The van der Waals surface area contributed by atoms with Gasteiger partial charge in [-0.3, -0.25) is 10.3 Å². The Morgan fingerprint density at radius 2 is 1.89 bits per heavy atom. The molecule has 0 radical (unpaired) electrons. The van der Waals surface area contributed by atoms with E-state index in [9.17, 15) is 18.3 Å². The summed E-state index contributed by atoms with van der Waals surface area (Å²) in [6.07, 6.45) is 14.7. The molecule has 37 heavy (non-hydrogen) atoms. The van der Waals surface area contributed by atoms with Crippen molar-refractivity contribution in [2.75, 3.05) is 24.6 Å². The molecule has 6 nitrogen and oxygen atoms in total. The van der Waals surface area contributed by atoms with E-state index in [-0.39, 0.29) is 17.8 Å². The number of pyridine rings is 1. The van der Waals surface area contributed by atoms with E-state index in [0.717, 1.165) is 61.7 Å². The van der Waals surface area contributed by atoms with Crippen molar-refractivity contribution < 1.29 is 18.3 Å². The number of nitrogen functional groups attached to an aromatic ring is 2. The molecule has 0 aromatic carbocycles. The van der Waals surface area contributed by atoms with Gasteiger partial charge in [0.25, 0.3) is 0 Å². The highest BCUT2D eigenvalue weighted by atomic mass is 19.4. The Morgan fingerprint density at radius 1 is 1.11 bits per heavy atom. The molecule has 1 aromatic heterocycles. The number of nitrogens with two attached hydrogens (primary N) is 2. The minimum atomic E-state index is -4.37. The smallest absolute Gasteiger partial charge is 0.395 e. The van der Waals surface area contributed by atoms with Crippen LogP contribution >= 0.6 is 0 Å². The van der Waals surface area contributed by atoms with Crippen LogP contribution in [0.15, 0.2) is 58.8 Å². The zero-order valence-corrected chi connectivity index (χ0v) is 20.9. The van der Waals surface area contributed by atoms with Crippen LogP contribution < -0.4 is 16.8 Å². The first-order chi connectivity index (χ1) is 17.7. The van der Waals surface area contributed by atoms with Gasteiger partial charge in [0.15, 0.2) is 0 Å². The van der Waals surface area contributed by atoms with Gasteiger partial charge >= 0.3 is 6.18 Å². The molecule has 1 aromatic rings. The van der Waals surface area contributed by atoms with Gasteiger partial charge in [-0.05, 0) is 74.0 Å². The molecule has 200 valence electrons. The van der Waals surface area contributed by atoms with Gasteiger partial charge in [-0.25, -0.2) is 4.98 Å². The van der Waals surface area contributed by atoms with Gasteiger partial charge in [-0.15, -0.1) is 0 Å². The van der Waals surface area contributed by atoms with Crippen molar-refractivity contribution in [3.05, 3.63) is 59.4 Å². The van der Waals surface area contributed by atoms with E-state index < -0.39 is 18.9 Å². The normalized spacial score (nSPS) is 24.0. The lowest BCUT2D eigenvalue weighted by Gasteiger charge is -2.26. The molecule has 0 spiro atoms. The summed E-state index contributed by atoms with van der Waals surface area (Å²) in [6.45, 7) is -0.500. The molecule has 1 fully saturated rings. The van der Waals surface area contributed by atoms with Gasteiger partial charge in [-0.1, -0.05) is 36.0 Å². The highest BCUT2D eigenvalue weighted by Crippen LogP contribution is 2.43. The molecule has 4 rings (SSSR count). The lowest BCUT2D eigenvalue weighted by atomic mass is 9.89. The first-order valence-electron chi connectivity index (χ1n) is 13.0. The van der Waals surface area contributed by atoms with Crippen LogP contribution in [-0.4, -0.2) is 41.8 Å². The summed E-state index contributed by atoms with van der Waals surface area (Å²) in [7, 11) is 0. The monoisotopic (exact) mass is 515 g/mol. The van der Waals surface area contributed by atoms with Crippen LogP contribution in [0.25, 0.3) is 5.57 Å². The van der Waals surface area contributed by atoms with Crippen molar-refractivity contribution in [3.63, 3.8) is 0 Å². The van der Waals surface area contributed by atoms with E-state index >= 15 is 0 Å². The Labute approximate surface area is 216 Å². The standard InChI is InChI=1S/C28H36F3N5O/c29-28(30,31)17-36-27(37)24(21-8-9-21)20-5-3-1-2-4-18(6-7-20)14-19-10-12-34-16-22(15-19)23-11-13-35-26(33)25(23)32/h4-7,11,13,15-16,19,21,24,27,36-37H,1-3,8-10,12,14,17,32H2,(H2,33,35)/b7-6?,18-4?,20-5-. The Balaban J connectivity index is 1.51. The summed E-state index contributed by atoms with van der Waals surface area (Å²) in [5.74, 6) is 0.373. The summed E-state index contributed by atoms with van der Waals surface area (Å²) >= 11 is 0. The molecule has 0 bridgehead atoms. The van der Waals surface area contributed by atoms with E-state index in [1.807, 2.05) is 18.4 Å². The lowest BCUT2D eigenvalue weighted by Crippen LogP contribution is -2.42. The van der Waals surface area contributed by atoms with Crippen LogP contribution in [0.5, 0.6) is 0 Å². The summed E-state index contributed by atoms with van der Waals surface area (Å²) in [5.41, 5.74) is 16.4. The Morgan fingerprint density at radius 3 is 2.65 bits per heavy atom. The van der Waals surface area contributed by atoms with Crippen LogP contribution in [0.1, 0.15) is 50.5 Å². The summed E-state index contributed by atoms with van der Waals surface area (Å²) in [4.78, 5) is 8.59. The molecular weight excluding hydrogens is 479 g/mol. The fraction of sp³-hybridized carbons (Fsp3) is 0.500. The van der Waals surface area contributed by atoms with Crippen LogP contribution in [0.3, 0.4) is 0 Å². The Hall–Kier alpha value is -2.91. The van der Waals surface area contributed by atoms with Crippen LogP contribution in [-0.2, 0) is 0 Å². The molecule has 2 aliphatic carbocycles. The van der Waals surface area contributed by atoms with Crippen LogP contribution in [0.4, 0.5) is 24.7 Å². The molecule has 2 heterocycles. The van der Waals surface area contributed by atoms with E-state index in [1.54, 1.807) is 6.20 Å². The predicted octanol–water partition coefficient (Wildman–Crippen LogP) is 5.20. The zero-order chi connectivity index (χ0) is 26.4. The second-order valence-electron chi connectivity index (χ2n) is 10.1. The van der Waals surface area contributed by atoms with Crippen molar-refractivity contribution in [2.24, 2.45) is 22.7 Å². The van der Waals surface area contributed by atoms with E-state index in [2.05, 4.69) is 39.6 Å². The number of alkyl halides is 3. The number of halogens is 3. The van der Waals surface area contributed by atoms with Gasteiger partial charge in [0.2, 0.25) is 0 Å². The van der Waals surface area contributed by atoms with Gasteiger partial charge in [-0.2, -0.15) is 13.2 Å². The first-order valence-corrected chi connectivity index (χ1v) is 13.0. The topological polar surface area (TPSA) is 110 Å². The van der Waals surface area contributed by atoms with E-state index in [4.69, 9.17) is 11.5 Å². The van der Waals surface area contributed by atoms with Crippen molar-refractivity contribution in [2.45, 2.75) is 57.3 Å². The summed E-state index contributed by atoms with van der Waals surface area (Å²) < 4.78 is 38.3. The van der Waals surface area contributed by atoms with Gasteiger partial charge in [0.05, 0.1) is 12.2 Å². The van der Waals surface area contributed by atoms with Crippen molar-refractivity contribution in [1.29, 1.82) is 0 Å². The molecule has 3 aliphatic rings. The maximum atomic E-state index is 12.8. The quantitative estimate of drug-likeness (QED) is 0.356. The number of rotatable bonds is 8. The number of aliphatic hydroxyl groups excluding tert-OH is 1. The average Bonchev–Trinajstić information content (AvgIpc) is 3.68. The van der Waals surface area contributed by atoms with Crippen molar-refractivity contribution in [3.8, 4) is 0 Å². The highest BCUT2D eigenvalue weighted by molar-refractivity contribution is 6.12. The number of nitrogens with one attached hydrogen (secondary N) is 1. The third kappa shape index (κ3) is 7.79. The maximum absolute atomic E-state index is 12.8. The molecule has 0 amide bonds. The minimum absolute atomic E-state index is 0.197. The fourth-order valence-corrected chi connectivity index (χ4v) is 5.07.